The van der Waals surface area contributed by atoms with Crippen molar-refractivity contribution in [2.45, 2.75) is 44.4 Å². The summed E-state index contributed by atoms with van der Waals surface area (Å²) in [5.41, 5.74) is 0. The molecule has 2 aliphatic heterocycles. The Bertz CT molecular complexity index is 452. The first kappa shape index (κ1) is 15.5. The Morgan fingerprint density at radius 2 is 2.20 bits per heavy atom. The maximum Gasteiger partial charge on any atom is 0.208 e. The molecule has 116 valence electrons. The third-order valence-electron chi connectivity index (χ3n) is 3.52. The van der Waals surface area contributed by atoms with Crippen molar-refractivity contribution in [3.63, 3.8) is 0 Å². The summed E-state index contributed by atoms with van der Waals surface area (Å²) in [7, 11) is -3.14. The minimum atomic E-state index is -3.14. The fourth-order valence-corrected chi connectivity index (χ4v) is 3.15. The van der Waals surface area contributed by atoms with Crippen molar-refractivity contribution < 1.29 is 13.2 Å². The Balaban J connectivity index is 1.80. The van der Waals surface area contributed by atoms with E-state index in [1.54, 1.807) is 0 Å². The van der Waals surface area contributed by atoms with Gasteiger partial charge in [0.2, 0.25) is 10.0 Å². The second-order valence-electron chi connectivity index (χ2n) is 5.29. The Hall–Kier alpha value is -0.860. The molecule has 0 spiro atoms. The van der Waals surface area contributed by atoms with E-state index >= 15 is 0 Å². The van der Waals surface area contributed by atoms with Crippen LogP contribution in [0.2, 0.25) is 0 Å². The highest BCUT2D eigenvalue weighted by atomic mass is 32.2. The lowest BCUT2D eigenvalue weighted by molar-refractivity contribution is 0.0992. The van der Waals surface area contributed by atoms with Crippen molar-refractivity contribution in [2.75, 3.05) is 25.9 Å². The maximum absolute atomic E-state index is 11.0. The van der Waals surface area contributed by atoms with Crippen LogP contribution in [0, 0.1) is 0 Å². The number of sulfonamides is 1. The summed E-state index contributed by atoms with van der Waals surface area (Å²) in [5, 5.41) is 6.56. The summed E-state index contributed by atoms with van der Waals surface area (Å²) < 4.78 is 30.1. The molecule has 2 fully saturated rings. The number of aliphatic imine (C=N–C) groups is 1. The van der Waals surface area contributed by atoms with E-state index < -0.39 is 10.0 Å². The van der Waals surface area contributed by atoms with Crippen LogP contribution in [-0.4, -0.2) is 58.5 Å². The molecular weight excluding hydrogens is 280 g/mol. The zero-order valence-electron chi connectivity index (χ0n) is 12.1. The number of nitrogens with zero attached hydrogens (tertiary/aromatic N) is 1. The van der Waals surface area contributed by atoms with Crippen LogP contribution in [0.5, 0.6) is 0 Å². The van der Waals surface area contributed by atoms with Gasteiger partial charge in [0.05, 0.1) is 31.1 Å². The summed E-state index contributed by atoms with van der Waals surface area (Å²) in [6.45, 7) is 3.49. The van der Waals surface area contributed by atoms with Gasteiger partial charge in [-0.2, -0.15) is 0 Å². The highest BCUT2D eigenvalue weighted by Gasteiger charge is 2.41. The number of rotatable bonds is 6. The number of hydrogen-bond acceptors (Lipinski definition) is 4. The summed E-state index contributed by atoms with van der Waals surface area (Å²) in [5.74, 6) is 0.726. The standard InChI is InChI=1S/C12H24N4O3S/c1-3-13-12(14-6-7-15-20(2,17)18)16-10-8-9-4-5-11(10)19-9/h9-11,15H,3-8H2,1-2H3,(H2,13,14,16). The second-order valence-corrected chi connectivity index (χ2v) is 7.12. The quantitative estimate of drug-likeness (QED) is 0.347. The van der Waals surface area contributed by atoms with Gasteiger partial charge in [0.25, 0.3) is 0 Å². The molecule has 8 heteroatoms. The van der Waals surface area contributed by atoms with E-state index in [4.69, 9.17) is 4.74 Å². The molecule has 2 bridgehead atoms. The van der Waals surface area contributed by atoms with E-state index in [-0.39, 0.29) is 6.10 Å². The van der Waals surface area contributed by atoms with Gasteiger partial charge in [0.15, 0.2) is 5.96 Å². The molecule has 3 unspecified atom stereocenters. The van der Waals surface area contributed by atoms with Crippen LogP contribution in [-0.2, 0) is 14.8 Å². The Morgan fingerprint density at radius 3 is 2.75 bits per heavy atom. The molecule has 0 radical (unpaired) electrons. The Morgan fingerprint density at radius 1 is 1.40 bits per heavy atom. The lowest BCUT2D eigenvalue weighted by Crippen LogP contribution is -2.47. The fourth-order valence-electron chi connectivity index (χ4n) is 2.68. The molecule has 0 aromatic carbocycles. The summed E-state index contributed by atoms with van der Waals surface area (Å²) >= 11 is 0. The van der Waals surface area contributed by atoms with E-state index in [0.29, 0.717) is 25.2 Å². The van der Waals surface area contributed by atoms with E-state index in [9.17, 15) is 8.42 Å². The number of guanidine groups is 1. The smallest absolute Gasteiger partial charge is 0.208 e. The van der Waals surface area contributed by atoms with Gasteiger partial charge in [0.1, 0.15) is 0 Å². The van der Waals surface area contributed by atoms with Crippen molar-refractivity contribution in [2.24, 2.45) is 4.99 Å². The van der Waals surface area contributed by atoms with Crippen molar-refractivity contribution in [1.29, 1.82) is 0 Å². The molecule has 0 saturated carbocycles. The van der Waals surface area contributed by atoms with Gasteiger partial charge >= 0.3 is 0 Å². The Labute approximate surface area is 120 Å². The van der Waals surface area contributed by atoms with Crippen molar-refractivity contribution in [3.05, 3.63) is 0 Å². The lowest BCUT2D eigenvalue weighted by Gasteiger charge is -2.22. The van der Waals surface area contributed by atoms with Crippen LogP contribution in [0.15, 0.2) is 4.99 Å². The van der Waals surface area contributed by atoms with Gasteiger partial charge < -0.3 is 15.4 Å². The van der Waals surface area contributed by atoms with Crippen LogP contribution >= 0.6 is 0 Å². The van der Waals surface area contributed by atoms with Gasteiger partial charge in [-0.25, -0.2) is 13.1 Å². The summed E-state index contributed by atoms with van der Waals surface area (Å²) in [4.78, 5) is 4.38. The number of ether oxygens (including phenoxy) is 1. The van der Waals surface area contributed by atoms with Crippen LogP contribution in [0.25, 0.3) is 0 Å². The molecule has 2 rings (SSSR count). The first-order chi connectivity index (χ1) is 9.48. The van der Waals surface area contributed by atoms with Gasteiger partial charge in [0, 0.05) is 13.1 Å². The fraction of sp³-hybridized carbons (Fsp3) is 0.917. The molecule has 3 atom stereocenters. The second kappa shape index (κ2) is 6.73. The first-order valence-electron chi connectivity index (χ1n) is 7.13. The summed E-state index contributed by atoms with van der Waals surface area (Å²) in [6.07, 6.45) is 5.13. The van der Waals surface area contributed by atoms with Gasteiger partial charge in [-0.1, -0.05) is 0 Å². The van der Waals surface area contributed by atoms with Crippen molar-refractivity contribution in [3.8, 4) is 0 Å². The largest absolute Gasteiger partial charge is 0.373 e. The predicted molar refractivity (Wildman–Crippen MR) is 78.3 cm³/mol. The number of hydrogen-bond donors (Lipinski definition) is 3. The van der Waals surface area contributed by atoms with Crippen LogP contribution < -0.4 is 15.4 Å². The highest BCUT2D eigenvalue weighted by Crippen LogP contribution is 2.34. The molecule has 0 amide bonds. The van der Waals surface area contributed by atoms with E-state index in [1.807, 2.05) is 6.92 Å². The minimum Gasteiger partial charge on any atom is -0.373 e. The third kappa shape index (κ3) is 4.60. The zero-order chi connectivity index (χ0) is 14.6. The van der Waals surface area contributed by atoms with Gasteiger partial charge in [-0.15, -0.1) is 0 Å². The van der Waals surface area contributed by atoms with Gasteiger partial charge in [-0.3, -0.25) is 4.99 Å². The van der Waals surface area contributed by atoms with E-state index in [0.717, 1.165) is 38.0 Å². The first-order valence-corrected chi connectivity index (χ1v) is 9.02. The molecule has 2 aliphatic rings. The molecule has 7 nitrogen and oxygen atoms in total. The van der Waals surface area contributed by atoms with Crippen molar-refractivity contribution in [1.82, 2.24) is 15.4 Å². The predicted octanol–water partition coefficient (Wildman–Crippen LogP) is -0.589. The van der Waals surface area contributed by atoms with Crippen LogP contribution in [0.4, 0.5) is 0 Å². The normalized spacial score (nSPS) is 29.7. The molecule has 2 saturated heterocycles. The average Bonchev–Trinajstić information content (AvgIpc) is 2.95. The maximum atomic E-state index is 11.0. The van der Waals surface area contributed by atoms with Crippen LogP contribution in [0.3, 0.4) is 0 Å². The van der Waals surface area contributed by atoms with Crippen molar-refractivity contribution >= 4 is 16.0 Å². The van der Waals surface area contributed by atoms with E-state index in [1.165, 1.54) is 0 Å². The zero-order valence-corrected chi connectivity index (χ0v) is 12.9. The Kier molecular flexibility index (Phi) is 5.22. The molecule has 0 aromatic rings. The number of fused-ring (bicyclic) bond motifs is 2. The highest BCUT2D eigenvalue weighted by molar-refractivity contribution is 7.88. The topological polar surface area (TPSA) is 91.8 Å². The molecule has 20 heavy (non-hydrogen) atoms. The molecular formula is C12H24N4O3S. The van der Waals surface area contributed by atoms with E-state index in [2.05, 4.69) is 20.3 Å². The molecule has 3 N–H and O–H groups in total. The lowest BCUT2D eigenvalue weighted by atomic mass is 9.96. The number of nitrogens with one attached hydrogen (secondary N) is 3. The minimum absolute atomic E-state index is 0.290. The summed E-state index contributed by atoms with van der Waals surface area (Å²) in [6, 6.07) is 0.314. The third-order valence-corrected chi connectivity index (χ3v) is 4.25. The SMILES string of the molecule is CCNC(=NCCNS(C)(=O)=O)NC1CC2CCC1O2. The monoisotopic (exact) mass is 304 g/mol. The average molecular weight is 304 g/mol. The van der Waals surface area contributed by atoms with Crippen LogP contribution in [0.1, 0.15) is 26.2 Å². The molecule has 2 heterocycles. The molecule has 0 aromatic heterocycles. The molecule has 0 aliphatic carbocycles. The van der Waals surface area contributed by atoms with Gasteiger partial charge in [-0.05, 0) is 26.2 Å².